The van der Waals surface area contributed by atoms with Crippen LogP contribution in [0.4, 0.5) is 19.0 Å². The Hall–Kier alpha value is -3.76. The molecule has 1 aromatic carbocycles. The number of hydrogen-bond acceptors (Lipinski definition) is 7. The van der Waals surface area contributed by atoms with Crippen molar-refractivity contribution in [1.82, 2.24) is 30.2 Å². The van der Waals surface area contributed by atoms with E-state index in [1.165, 1.54) is 16.8 Å². The highest BCUT2D eigenvalue weighted by Gasteiger charge is 2.20. The molecule has 11 heteroatoms. The molecule has 0 saturated heterocycles. The van der Waals surface area contributed by atoms with Gasteiger partial charge in [0.25, 0.3) is 5.89 Å². The van der Waals surface area contributed by atoms with Gasteiger partial charge in [0, 0.05) is 22.9 Å². The number of hydrogen-bond donors (Lipinski definition) is 1. The maximum atomic E-state index is 14.7. The van der Waals surface area contributed by atoms with Crippen LogP contribution in [0, 0.1) is 5.82 Å². The van der Waals surface area contributed by atoms with Gasteiger partial charge in [0.05, 0.1) is 12.2 Å². The zero-order valence-corrected chi connectivity index (χ0v) is 15.0. The number of pyridine rings is 1. The van der Waals surface area contributed by atoms with Crippen molar-refractivity contribution >= 4 is 5.82 Å². The smallest absolute Gasteiger partial charge is 0.314 e. The Kier molecular flexibility index (Phi) is 4.71. The van der Waals surface area contributed by atoms with Crippen molar-refractivity contribution in [2.75, 3.05) is 5.73 Å². The second-order valence-corrected chi connectivity index (χ2v) is 6.21. The fourth-order valence-corrected chi connectivity index (χ4v) is 2.74. The number of alkyl halides is 2. The van der Waals surface area contributed by atoms with Crippen LogP contribution >= 0.6 is 0 Å². The van der Waals surface area contributed by atoms with Crippen molar-refractivity contribution in [2.24, 2.45) is 0 Å². The normalized spacial score (nSPS) is 12.4. The molecular formula is C18H14F3N7O. The Balaban J connectivity index is 1.59. The summed E-state index contributed by atoms with van der Waals surface area (Å²) in [5.74, 6) is -1.18. The second kappa shape index (κ2) is 7.34. The number of nitrogen functional groups attached to an aromatic ring is 1. The first-order valence-electron chi connectivity index (χ1n) is 8.47. The van der Waals surface area contributed by atoms with Crippen LogP contribution in [0.2, 0.25) is 0 Å². The Morgan fingerprint density at radius 1 is 1.07 bits per heavy atom. The third-order valence-electron chi connectivity index (χ3n) is 4.31. The summed E-state index contributed by atoms with van der Waals surface area (Å²) in [5.41, 5.74) is 7.39. The molecule has 1 atom stereocenters. The molecule has 3 heterocycles. The molecular weight excluding hydrogens is 387 g/mol. The minimum Gasteiger partial charge on any atom is -0.415 e. The average Bonchev–Trinajstić information content (AvgIpc) is 3.38. The van der Waals surface area contributed by atoms with Crippen LogP contribution in [0.3, 0.4) is 0 Å². The van der Waals surface area contributed by atoms with E-state index >= 15 is 0 Å². The molecule has 4 rings (SSSR count). The SMILES string of the molecule is CC(c1ccc(-c2nnc(C(F)F)o2)cc1F)n1cc(-c2ccc(N)nc2)nn1. The minimum absolute atomic E-state index is 0.183. The van der Waals surface area contributed by atoms with E-state index in [2.05, 4.69) is 25.5 Å². The number of benzene rings is 1. The molecule has 0 saturated carbocycles. The summed E-state index contributed by atoms with van der Waals surface area (Å²) < 4.78 is 46.2. The van der Waals surface area contributed by atoms with Gasteiger partial charge < -0.3 is 10.2 Å². The summed E-state index contributed by atoms with van der Waals surface area (Å²) >= 11 is 0. The molecule has 2 N–H and O–H groups in total. The van der Waals surface area contributed by atoms with E-state index in [0.29, 0.717) is 17.1 Å². The van der Waals surface area contributed by atoms with Crippen LogP contribution < -0.4 is 5.73 Å². The molecule has 0 amide bonds. The molecule has 29 heavy (non-hydrogen) atoms. The fourth-order valence-electron chi connectivity index (χ4n) is 2.74. The van der Waals surface area contributed by atoms with E-state index in [-0.39, 0.29) is 11.5 Å². The van der Waals surface area contributed by atoms with Crippen LogP contribution in [-0.4, -0.2) is 30.2 Å². The van der Waals surface area contributed by atoms with Crippen LogP contribution in [0.25, 0.3) is 22.7 Å². The number of nitrogens with two attached hydrogens (primary N) is 1. The molecule has 0 bridgehead atoms. The lowest BCUT2D eigenvalue weighted by atomic mass is 10.1. The molecule has 0 aliphatic heterocycles. The molecule has 8 nitrogen and oxygen atoms in total. The standard InChI is InChI=1S/C18H14F3N7O/c1-9(28-8-14(24-27-28)11-3-5-15(22)23-7-11)12-4-2-10(6-13(12)19)17-25-26-18(29-17)16(20)21/h2-9,16H,1H3,(H2,22,23). The minimum atomic E-state index is -2.89. The Labute approximate surface area is 162 Å². The van der Waals surface area contributed by atoms with Crippen LogP contribution in [0.5, 0.6) is 0 Å². The first-order valence-corrected chi connectivity index (χ1v) is 8.47. The maximum absolute atomic E-state index is 14.7. The van der Waals surface area contributed by atoms with Crippen molar-refractivity contribution in [3.05, 3.63) is 60.0 Å². The first kappa shape index (κ1) is 18.6. The molecule has 0 spiro atoms. The average molecular weight is 401 g/mol. The van der Waals surface area contributed by atoms with Gasteiger partial charge in [-0.3, -0.25) is 0 Å². The predicted octanol–water partition coefficient (Wildman–Crippen LogP) is 3.66. The van der Waals surface area contributed by atoms with Gasteiger partial charge in [0.1, 0.15) is 17.3 Å². The van der Waals surface area contributed by atoms with Gasteiger partial charge in [-0.25, -0.2) is 14.1 Å². The Morgan fingerprint density at radius 2 is 1.86 bits per heavy atom. The first-order chi connectivity index (χ1) is 13.9. The number of aromatic nitrogens is 6. The Morgan fingerprint density at radius 3 is 2.52 bits per heavy atom. The third kappa shape index (κ3) is 3.66. The van der Waals surface area contributed by atoms with Gasteiger partial charge in [-0.1, -0.05) is 11.3 Å². The predicted molar refractivity (Wildman–Crippen MR) is 96.1 cm³/mol. The van der Waals surface area contributed by atoms with Crippen molar-refractivity contribution < 1.29 is 17.6 Å². The highest BCUT2D eigenvalue weighted by Crippen LogP contribution is 2.28. The third-order valence-corrected chi connectivity index (χ3v) is 4.31. The summed E-state index contributed by atoms with van der Waals surface area (Å²) in [6.07, 6.45) is 0.345. The highest BCUT2D eigenvalue weighted by atomic mass is 19.3. The number of anilines is 1. The molecule has 1 unspecified atom stereocenters. The summed E-state index contributed by atoms with van der Waals surface area (Å²) in [6.45, 7) is 1.75. The monoisotopic (exact) mass is 401 g/mol. The summed E-state index contributed by atoms with van der Waals surface area (Å²) in [6, 6.07) is 7.09. The quantitative estimate of drug-likeness (QED) is 0.544. The van der Waals surface area contributed by atoms with E-state index in [9.17, 15) is 13.2 Å². The number of nitrogens with zero attached hydrogens (tertiary/aromatic N) is 6. The van der Waals surface area contributed by atoms with Gasteiger partial charge in [-0.05, 0) is 31.2 Å². The number of halogens is 3. The molecule has 0 radical (unpaired) electrons. The lowest BCUT2D eigenvalue weighted by molar-refractivity contribution is 0.116. The second-order valence-electron chi connectivity index (χ2n) is 6.21. The van der Waals surface area contributed by atoms with E-state index in [4.69, 9.17) is 10.2 Å². The summed E-state index contributed by atoms with van der Waals surface area (Å²) in [7, 11) is 0. The topological polar surface area (TPSA) is 109 Å². The van der Waals surface area contributed by atoms with Gasteiger partial charge in [0.15, 0.2) is 0 Å². The van der Waals surface area contributed by atoms with E-state index < -0.39 is 24.2 Å². The van der Waals surface area contributed by atoms with Crippen molar-refractivity contribution in [2.45, 2.75) is 19.4 Å². The molecule has 0 fully saturated rings. The largest absolute Gasteiger partial charge is 0.415 e. The van der Waals surface area contributed by atoms with Gasteiger partial charge in [-0.15, -0.1) is 15.3 Å². The zero-order valence-electron chi connectivity index (χ0n) is 15.0. The van der Waals surface area contributed by atoms with Gasteiger partial charge in [0.2, 0.25) is 5.89 Å². The lowest BCUT2D eigenvalue weighted by Crippen LogP contribution is -2.09. The van der Waals surface area contributed by atoms with Crippen LogP contribution in [0.1, 0.15) is 30.8 Å². The van der Waals surface area contributed by atoms with Crippen molar-refractivity contribution in [1.29, 1.82) is 0 Å². The molecule has 3 aromatic heterocycles. The fraction of sp³-hybridized carbons (Fsp3) is 0.167. The lowest BCUT2D eigenvalue weighted by Gasteiger charge is -2.13. The van der Waals surface area contributed by atoms with Crippen molar-refractivity contribution in [3.63, 3.8) is 0 Å². The molecule has 0 aliphatic rings. The Bertz CT molecular complexity index is 1140. The van der Waals surface area contributed by atoms with E-state index in [0.717, 1.165) is 11.6 Å². The van der Waals surface area contributed by atoms with Gasteiger partial charge in [-0.2, -0.15) is 8.78 Å². The summed E-state index contributed by atoms with van der Waals surface area (Å²) in [5, 5.41) is 14.9. The van der Waals surface area contributed by atoms with E-state index in [1.54, 1.807) is 31.5 Å². The molecule has 148 valence electrons. The van der Waals surface area contributed by atoms with Crippen LogP contribution in [0.15, 0.2) is 47.1 Å². The zero-order chi connectivity index (χ0) is 20.5. The maximum Gasteiger partial charge on any atom is 0.314 e. The van der Waals surface area contributed by atoms with Gasteiger partial charge >= 0.3 is 6.43 Å². The molecule has 0 aliphatic carbocycles. The van der Waals surface area contributed by atoms with Crippen LogP contribution in [-0.2, 0) is 0 Å². The molecule has 4 aromatic rings. The van der Waals surface area contributed by atoms with E-state index in [1.807, 2.05) is 0 Å². The highest BCUT2D eigenvalue weighted by molar-refractivity contribution is 5.58. The van der Waals surface area contributed by atoms with Crippen molar-refractivity contribution in [3.8, 4) is 22.7 Å². The number of rotatable bonds is 5. The summed E-state index contributed by atoms with van der Waals surface area (Å²) in [4.78, 5) is 4.01.